The van der Waals surface area contributed by atoms with E-state index in [0.29, 0.717) is 11.3 Å². The smallest absolute Gasteiger partial charge is 0.359 e. The first-order valence-corrected chi connectivity index (χ1v) is 6.03. The van der Waals surface area contributed by atoms with Crippen molar-refractivity contribution in [2.75, 3.05) is 6.61 Å². The number of rotatable bonds is 2. The molecule has 1 saturated carbocycles. The fraction of sp³-hybridized carbons (Fsp3) is 0.667. The summed E-state index contributed by atoms with van der Waals surface area (Å²) in [6.45, 7) is 3.53. The van der Waals surface area contributed by atoms with E-state index in [4.69, 9.17) is 4.74 Å². The van der Waals surface area contributed by atoms with E-state index in [1.807, 2.05) is 0 Å². The average molecular weight is 256 g/mol. The lowest BCUT2D eigenvalue weighted by molar-refractivity contribution is 0.0515. The molecule has 1 N–H and O–H groups in total. The molecule has 0 bridgehead atoms. The maximum Gasteiger partial charge on any atom is 0.359 e. The maximum atomic E-state index is 13.7. The van der Waals surface area contributed by atoms with Crippen molar-refractivity contribution in [1.82, 2.24) is 10.2 Å². The Balaban J connectivity index is 1.93. The normalized spacial score (nSPS) is 31.4. The number of nitrogens with zero attached hydrogens (tertiary/aromatic N) is 1. The van der Waals surface area contributed by atoms with Gasteiger partial charge in [-0.1, -0.05) is 6.92 Å². The number of fused-ring (bicyclic) bond motifs is 2. The van der Waals surface area contributed by atoms with Gasteiger partial charge in [-0.2, -0.15) is 5.10 Å². The number of carbonyl (C=O) groups is 1. The average Bonchev–Trinajstić information content (AvgIpc) is 2.63. The number of H-pyrrole nitrogens is 1. The van der Waals surface area contributed by atoms with Gasteiger partial charge in [0.25, 0.3) is 5.92 Å². The summed E-state index contributed by atoms with van der Waals surface area (Å²) in [5, 5.41) is 6.61. The molecule has 1 heterocycles. The number of alkyl halides is 2. The lowest BCUT2D eigenvalue weighted by atomic mass is 9.88. The number of aromatic amines is 1. The van der Waals surface area contributed by atoms with E-state index in [-0.39, 0.29) is 25.1 Å². The van der Waals surface area contributed by atoms with Crippen LogP contribution in [0, 0.1) is 11.3 Å². The van der Waals surface area contributed by atoms with Crippen LogP contribution in [-0.4, -0.2) is 28.7 Å². The predicted octanol–water partition coefficient (Wildman–Crippen LogP) is 1.96. The summed E-state index contributed by atoms with van der Waals surface area (Å²) < 4.78 is 32.2. The van der Waals surface area contributed by atoms with Crippen LogP contribution in [0.4, 0.5) is 8.78 Å². The highest BCUT2D eigenvalue weighted by molar-refractivity contribution is 5.89. The zero-order valence-corrected chi connectivity index (χ0v) is 10.2. The molecule has 0 saturated heterocycles. The maximum absolute atomic E-state index is 13.7. The van der Waals surface area contributed by atoms with E-state index in [1.165, 1.54) is 0 Å². The third-order valence-corrected chi connectivity index (χ3v) is 4.26. The molecular formula is C12H14F2N2O2. The lowest BCUT2D eigenvalue weighted by Gasteiger charge is -2.15. The van der Waals surface area contributed by atoms with E-state index in [1.54, 1.807) is 13.8 Å². The molecule has 0 amide bonds. The molecular weight excluding hydrogens is 242 g/mol. The summed E-state index contributed by atoms with van der Waals surface area (Å²) >= 11 is 0. The number of nitrogens with one attached hydrogen (secondary N) is 1. The number of hydrogen-bond acceptors (Lipinski definition) is 3. The van der Waals surface area contributed by atoms with Gasteiger partial charge in [0, 0.05) is 29.0 Å². The lowest BCUT2D eigenvalue weighted by Crippen LogP contribution is -2.16. The number of hydrogen-bond donors (Lipinski definition) is 1. The molecule has 0 aliphatic heterocycles. The molecule has 98 valence electrons. The molecule has 4 nitrogen and oxygen atoms in total. The molecule has 0 aromatic carbocycles. The first kappa shape index (κ1) is 11.6. The minimum atomic E-state index is -2.64. The van der Waals surface area contributed by atoms with Crippen LogP contribution >= 0.6 is 0 Å². The van der Waals surface area contributed by atoms with Gasteiger partial charge in [0.1, 0.15) is 0 Å². The Labute approximate surface area is 103 Å². The van der Waals surface area contributed by atoms with Crippen molar-refractivity contribution in [3.05, 3.63) is 17.0 Å². The Kier molecular flexibility index (Phi) is 2.13. The molecule has 0 spiro atoms. The number of halogens is 2. The molecule has 3 rings (SSSR count). The third-order valence-electron chi connectivity index (χ3n) is 4.26. The van der Waals surface area contributed by atoms with Crippen LogP contribution in [0.2, 0.25) is 0 Å². The van der Waals surface area contributed by atoms with Crippen LogP contribution in [0.5, 0.6) is 0 Å². The molecule has 2 aliphatic carbocycles. The first-order chi connectivity index (χ1) is 8.41. The van der Waals surface area contributed by atoms with Crippen molar-refractivity contribution in [2.24, 2.45) is 11.3 Å². The van der Waals surface area contributed by atoms with Gasteiger partial charge in [-0.3, -0.25) is 5.10 Å². The molecule has 1 unspecified atom stereocenters. The molecule has 0 radical (unpaired) electrons. The zero-order valence-electron chi connectivity index (χ0n) is 10.2. The Morgan fingerprint density at radius 2 is 2.33 bits per heavy atom. The largest absolute Gasteiger partial charge is 0.461 e. The summed E-state index contributed by atoms with van der Waals surface area (Å²) in [5.74, 6) is -3.86. The molecule has 2 aliphatic rings. The minimum Gasteiger partial charge on any atom is -0.461 e. The van der Waals surface area contributed by atoms with E-state index in [0.717, 1.165) is 0 Å². The van der Waals surface area contributed by atoms with Gasteiger partial charge < -0.3 is 4.74 Å². The van der Waals surface area contributed by atoms with Crippen molar-refractivity contribution in [2.45, 2.75) is 32.6 Å². The van der Waals surface area contributed by atoms with E-state index >= 15 is 0 Å². The summed E-state index contributed by atoms with van der Waals surface area (Å²) in [6.07, 6.45) is 0.440. The second-order valence-corrected chi connectivity index (χ2v) is 5.22. The standard InChI is InChI=1S/C12H14F2N2O2/c1-3-18-10(17)9-6-4-8-11(2,12(8,13)14)5-7(6)15-16-9/h8H,3-5H2,1-2H3,(H,15,16)/t8-,11?/m0/s1. The molecule has 6 heteroatoms. The number of aromatic nitrogens is 2. The van der Waals surface area contributed by atoms with Gasteiger partial charge in [-0.15, -0.1) is 0 Å². The summed E-state index contributed by atoms with van der Waals surface area (Å²) in [6, 6.07) is 0. The quantitative estimate of drug-likeness (QED) is 0.823. The topological polar surface area (TPSA) is 55.0 Å². The predicted molar refractivity (Wildman–Crippen MR) is 58.5 cm³/mol. The molecule has 2 atom stereocenters. The number of ether oxygens (including phenoxy) is 1. The van der Waals surface area contributed by atoms with E-state index in [2.05, 4.69) is 10.2 Å². The zero-order chi connectivity index (χ0) is 13.1. The van der Waals surface area contributed by atoms with Gasteiger partial charge in [-0.25, -0.2) is 13.6 Å². The van der Waals surface area contributed by atoms with Gasteiger partial charge in [0.15, 0.2) is 5.69 Å². The summed E-state index contributed by atoms with van der Waals surface area (Å²) in [4.78, 5) is 11.6. The van der Waals surface area contributed by atoms with Crippen LogP contribution in [0.25, 0.3) is 0 Å². The second-order valence-electron chi connectivity index (χ2n) is 5.22. The summed E-state index contributed by atoms with van der Waals surface area (Å²) in [7, 11) is 0. The van der Waals surface area contributed by atoms with Crippen molar-refractivity contribution < 1.29 is 18.3 Å². The second kappa shape index (κ2) is 3.30. The van der Waals surface area contributed by atoms with Gasteiger partial charge in [-0.05, 0) is 13.3 Å². The molecule has 1 fully saturated rings. The number of esters is 1. The fourth-order valence-corrected chi connectivity index (χ4v) is 2.98. The highest BCUT2D eigenvalue weighted by atomic mass is 19.3. The van der Waals surface area contributed by atoms with Crippen LogP contribution in [0.3, 0.4) is 0 Å². The van der Waals surface area contributed by atoms with E-state index in [9.17, 15) is 13.6 Å². The Bertz CT molecular complexity index is 526. The van der Waals surface area contributed by atoms with Crippen LogP contribution in [0.1, 0.15) is 35.6 Å². The molecule has 1 aromatic heterocycles. The highest BCUT2D eigenvalue weighted by Gasteiger charge is 2.78. The highest BCUT2D eigenvalue weighted by Crippen LogP contribution is 2.70. The van der Waals surface area contributed by atoms with Gasteiger partial charge >= 0.3 is 5.97 Å². The monoisotopic (exact) mass is 256 g/mol. The minimum absolute atomic E-state index is 0.164. The fourth-order valence-electron chi connectivity index (χ4n) is 2.98. The van der Waals surface area contributed by atoms with Crippen molar-refractivity contribution in [3.8, 4) is 0 Å². The number of carbonyl (C=O) groups excluding carboxylic acids is 1. The molecule has 18 heavy (non-hydrogen) atoms. The van der Waals surface area contributed by atoms with Gasteiger partial charge in [0.2, 0.25) is 0 Å². The van der Waals surface area contributed by atoms with Crippen LogP contribution in [0.15, 0.2) is 0 Å². The molecule has 1 aromatic rings. The van der Waals surface area contributed by atoms with Crippen molar-refractivity contribution >= 4 is 5.97 Å². The Morgan fingerprint density at radius 3 is 3.00 bits per heavy atom. The third kappa shape index (κ3) is 1.23. The summed E-state index contributed by atoms with van der Waals surface area (Å²) in [5.41, 5.74) is 0.442. The van der Waals surface area contributed by atoms with E-state index < -0.39 is 23.2 Å². The van der Waals surface area contributed by atoms with Gasteiger partial charge in [0.05, 0.1) is 6.61 Å². The van der Waals surface area contributed by atoms with Crippen molar-refractivity contribution in [3.63, 3.8) is 0 Å². The van der Waals surface area contributed by atoms with Crippen LogP contribution in [-0.2, 0) is 17.6 Å². The first-order valence-electron chi connectivity index (χ1n) is 6.03. The van der Waals surface area contributed by atoms with Crippen molar-refractivity contribution in [1.29, 1.82) is 0 Å². The Morgan fingerprint density at radius 1 is 1.61 bits per heavy atom. The SMILES string of the molecule is CCOC(=O)c1n[nH]c2c1C[C@@H]1C(F)(F)C1(C)C2. The Hall–Kier alpha value is -1.46. The van der Waals surface area contributed by atoms with Crippen LogP contribution < -0.4 is 0 Å².